The van der Waals surface area contributed by atoms with Crippen LogP contribution in [0.1, 0.15) is 62.9 Å². The van der Waals surface area contributed by atoms with E-state index in [1.807, 2.05) is 11.5 Å². The average Bonchev–Trinajstić information content (AvgIpc) is 2.98. The first kappa shape index (κ1) is 20.4. The molecule has 0 spiro atoms. The molecule has 0 amide bonds. The van der Waals surface area contributed by atoms with Crippen LogP contribution in [0.25, 0.3) is 0 Å². The highest BCUT2D eigenvalue weighted by atomic mass is 19.1. The molecule has 0 saturated carbocycles. The van der Waals surface area contributed by atoms with Crippen molar-refractivity contribution >= 4 is 5.97 Å². The van der Waals surface area contributed by atoms with Crippen molar-refractivity contribution in [3.8, 4) is 0 Å². The third-order valence-corrected chi connectivity index (χ3v) is 6.30. The molecular formula is C25H27FN2O2. The van der Waals surface area contributed by atoms with Gasteiger partial charge < -0.3 is 15.0 Å². The van der Waals surface area contributed by atoms with Crippen LogP contribution < -0.4 is 5.32 Å². The summed E-state index contributed by atoms with van der Waals surface area (Å²) >= 11 is 0. The van der Waals surface area contributed by atoms with Crippen LogP contribution in [-0.4, -0.2) is 15.6 Å². The van der Waals surface area contributed by atoms with Gasteiger partial charge in [-0.2, -0.15) is 0 Å². The Hall–Kier alpha value is -2.92. The Labute approximate surface area is 176 Å². The second-order valence-corrected chi connectivity index (χ2v) is 8.03. The summed E-state index contributed by atoms with van der Waals surface area (Å²) in [7, 11) is 0. The van der Waals surface area contributed by atoms with E-state index in [-0.39, 0.29) is 11.9 Å². The normalized spacial score (nSPS) is 15.8. The quantitative estimate of drug-likeness (QED) is 0.595. The summed E-state index contributed by atoms with van der Waals surface area (Å²) in [5.74, 6) is -1.22. The van der Waals surface area contributed by atoms with Crippen molar-refractivity contribution < 1.29 is 14.3 Å². The number of nitrogens with zero attached hydrogens (tertiary/aromatic N) is 1. The van der Waals surface area contributed by atoms with Crippen molar-refractivity contribution in [2.75, 3.05) is 0 Å². The second kappa shape index (κ2) is 8.44. The predicted octanol–water partition coefficient (Wildman–Crippen LogP) is 5.16. The Morgan fingerprint density at radius 2 is 1.87 bits per heavy atom. The molecule has 0 aliphatic heterocycles. The Bertz CT molecular complexity index is 1090. The number of aromatic nitrogens is 1. The summed E-state index contributed by atoms with van der Waals surface area (Å²) in [5.41, 5.74) is 5.84. The van der Waals surface area contributed by atoms with Gasteiger partial charge in [-0.05, 0) is 50.3 Å². The summed E-state index contributed by atoms with van der Waals surface area (Å²) in [6, 6.07) is 15.3. The third-order valence-electron chi connectivity index (χ3n) is 6.30. The zero-order valence-corrected chi connectivity index (χ0v) is 17.4. The topological polar surface area (TPSA) is 54.3 Å². The van der Waals surface area contributed by atoms with E-state index in [2.05, 4.69) is 29.6 Å². The number of rotatable bonds is 6. The summed E-state index contributed by atoms with van der Waals surface area (Å²) < 4.78 is 16.1. The summed E-state index contributed by atoms with van der Waals surface area (Å²) in [5, 5.41) is 13.5. The van der Waals surface area contributed by atoms with Crippen molar-refractivity contribution in [2.45, 2.75) is 52.2 Å². The molecule has 1 aromatic heterocycles. The smallest absolute Gasteiger partial charge is 0.337 e. The molecule has 4 rings (SSSR count). The molecule has 30 heavy (non-hydrogen) atoms. The molecule has 3 aromatic rings. The van der Waals surface area contributed by atoms with Crippen LogP contribution in [0.5, 0.6) is 0 Å². The molecule has 0 unspecified atom stereocenters. The van der Waals surface area contributed by atoms with Crippen molar-refractivity contribution in [2.24, 2.45) is 0 Å². The molecule has 156 valence electrons. The average molecular weight is 407 g/mol. The van der Waals surface area contributed by atoms with Crippen LogP contribution >= 0.6 is 0 Å². The molecule has 1 atom stereocenters. The van der Waals surface area contributed by atoms with Crippen molar-refractivity contribution in [1.82, 2.24) is 9.88 Å². The van der Waals surface area contributed by atoms with Gasteiger partial charge in [0, 0.05) is 35.1 Å². The number of carbonyl (C=O) groups is 1. The van der Waals surface area contributed by atoms with Crippen LogP contribution in [0.3, 0.4) is 0 Å². The molecular weight excluding hydrogens is 379 g/mol. The van der Waals surface area contributed by atoms with Gasteiger partial charge in [0.1, 0.15) is 5.82 Å². The second-order valence-electron chi connectivity index (χ2n) is 8.03. The van der Waals surface area contributed by atoms with E-state index in [1.54, 1.807) is 25.1 Å². The minimum Gasteiger partial charge on any atom is -0.478 e. The number of benzene rings is 2. The molecule has 5 heteroatoms. The van der Waals surface area contributed by atoms with E-state index < -0.39 is 5.97 Å². The van der Waals surface area contributed by atoms with E-state index >= 15 is 0 Å². The molecule has 0 bridgehead atoms. The molecule has 1 heterocycles. The van der Waals surface area contributed by atoms with E-state index in [4.69, 9.17) is 0 Å². The van der Waals surface area contributed by atoms with E-state index in [0.717, 1.165) is 30.5 Å². The summed E-state index contributed by atoms with van der Waals surface area (Å²) in [4.78, 5) is 12.1. The number of fused-ring (bicyclic) bond motifs is 1. The lowest BCUT2D eigenvalue weighted by Gasteiger charge is -2.26. The molecule has 0 radical (unpaired) electrons. The first-order valence-corrected chi connectivity index (χ1v) is 10.4. The van der Waals surface area contributed by atoms with Gasteiger partial charge in [-0.1, -0.05) is 42.5 Å². The zero-order chi connectivity index (χ0) is 21.3. The highest BCUT2D eigenvalue weighted by Crippen LogP contribution is 2.31. The minimum atomic E-state index is -0.941. The van der Waals surface area contributed by atoms with Crippen LogP contribution in [0.4, 0.5) is 4.39 Å². The zero-order valence-electron chi connectivity index (χ0n) is 17.4. The van der Waals surface area contributed by atoms with Crippen molar-refractivity contribution in [1.29, 1.82) is 0 Å². The summed E-state index contributed by atoms with van der Waals surface area (Å²) in [6.45, 7) is 4.51. The lowest BCUT2D eigenvalue weighted by atomic mass is 9.87. The monoisotopic (exact) mass is 406 g/mol. The van der Waals surface area contributed by atoms with Crippen molar-refractivity contribution in [3.05, 3.63) is 93.6 Å². The third kappa shape index (κ3) is 3.77. The number of carboxylic acids is 1. The number of nitrogens with one attached hydrogen (secondary N) is 1. The fraction of sp³-hybridized carbons (Fsp3) is 0.320. The number of carboxylic acid groups (broad SMARTS) is 1. The molecule has 0 saturated heterocycles. The van der Waals surface area contributed by atoms with Crippen LogP contribution in [-0.2, 0) is 19.5 Å². The maximum absolute atomic E-state index is 14.2. The number of hydrogen-bond donors (Lipinski definition) is 2. The van der Waals surface area contributed by atoms with Crippen molar-refractivity contribution in [3.63, 3.8) is 0 Å². The molecule has 0 fully saturated rings. The number of hydrogen-bond acceptors (Lipinski definition) is 2. The fourth-order valence-corrected chi connectivity index (χ4v) is 4.67. The first-order valence-electron chi connectivity index (χ1n) is 10.4. The Morgan fingerprint density at radius 3 is 2.63 bits per heavy atom. The maximum atomic E-state index is 14.2. The van der Waals surface area contributed by atoms with Crippen LogP contribution in [0.2, 0.25) is 0 Å². The standard InChI is InChI=1S/C25H27FN2O2/c1-16-21(14-27-23-13-7-10-18-8-3-5-11-20(18)23)24(25(29)30)17(2)28(16)15-19-9-4-6-12-22(19)26/h3-6,8-9,11-12,23,27H,7,10,13-15H2,1-2H3,(H,29,30)/t23-/m0/s1. The van der Waals surface area contributed by atoms with Gasteiger partial charge >= 0.3 is 5.97 Å². The lowest BCUT2D eigenvalue weighted by Crippen LogP contribution is -2.25. The SMILES string of the molecule is Cc1c(CN[C@H]2CCCc3ccccc32)c(C(=O)O)c(C)n1Cc1ccccc1F. The Kier molecular flexibility index (Phi) is 5.73. The van der Waals surface area contributed by atoms with Crippen LogP contribution in [0.15, 0.2) is 48.5 Å². The first-order chi connectivity index (χ1) is 14.5. The largest absolute Gasteiger partial charge is 0.478 e. The molecule has 1 aliphatic rings. The van der Waals surface area contributed by atoms with Crippen LogP contribution in [0, 0.1) is 19.7 Å². The van der Waals surface area contributed by atoms with Gasteiger partial charge in [-0.25, -0.2) is 9.18 Å². The van der Waals surface area contributed by atoms with Gasteiger partial charge in [0.15, 0.2) is 0 Å². The van der Waals surface area contributed by atoms with Gasteiger partial charge in [-0.15, -0.1) is 0 Å². The highest BCUT2D eigenvalue weighted by Gasteiger charge is 2.25. The number of aryl methyl sites for hydroxylation is 1. The van der Waals surface area contributed by atoms with Gasteiger partial charge in [0.2, 0.25) is 0 Å². The van der Waals surface area contributed by atoms with Gasteiger partial charge in [-0.3, -0.25) is 0 Å². The molecule has 2 aromatic carbocycles. The number of aromatic carboxylic acids is 1. The predicted molar refractivity (Wildman–Crippen MR) is 115 cm³/mol. The van der Waals surface area contributed by atoms with E-state index in [0.29, 0.717) is 29.9 Å². The molecule has 4 nitrogen and oxygen atoms in total. The van der Waals surface area contributed by atoms with E-state index in [9.17, 15) is 14.3 Å². The summed E-state index contributed by atoms with van der Waals surface area (Å²) in [6.07, 6.45) is 3.24. The van der Waals surface area contributed by atoms with E-state index in [1.165, 1.54) is 17.2 Å². The lowest BCUT2D eigenvalue weighted by molar-refractivity contribution is 0.0694. The Balaban J connectivity index is 1.64. The fourth-order valence-electron chi connectivity index (χ4n) is 4.67. The van der Waals surface area contributed by atoms with Gasteiger partial charge in [0.05, 0.1) is 12.1 Å². The highest BCUT2D eigenvalue weighted by molar-refractivity contribution is 5.91. The molecule has 2 N–H and O–H groups in total. The maximum Gasteiger partial charge on any atom is 0.337 e. The molecule has 1 aliphatic carbocycles. The number of halogens is 1. The Morgan fingerprint density at radius 1 is 1.13 bits per heavy atom. The van der Waals surface area contributed by atoms with Gasteiger partial charge in [0.25, 0.3) is 0 Å². The minimum absolute atomic E-state index is 0.214.